The van der Waals surface area contributed by atoms with Gasteiger partial charge in [0.05, 0.1) is 11.8 Å². The van der Waals surface area contributed by atoms with Crippen LogP contribution in [0.4, 0.5) is 0 Å². The van der Waals surface area contributed by atoms with Crippen LogP contribution in [0.1, 0.15) is 48.7 Å². The first-order chi connectivity index (χ1) is 10.2. The van der Waals surface area contributed by atoms with E-state index in [0.717, 1.165) is 56.8 Å². The second-order valence-corrected chi connectivity index (χ2v) is 6.62. The van der Waals surface area contributed by atoms with Crippen molar-refractivity contribution in [3.8, 4) is 0 Å². The molecule has 2 saturated heterocycles. The lowest BCUT2D eigenvalue weighted by Gasteiger charge is -2.33. The molecular weight excluding hydrogens is 264 g/mol. The van der Waals surface area contributed by atoms with Gasteiger partial charge in [-0.05, 0) is 39.2 Å². The summed E-state index contributed by atoms with van der Waals surface area (Å²) in [6.45, 7) is 8.99. The lowest BCUT2D eigenvalue weighted by Crippen LogP contribution is -2.42. The van der Waals surface area contributed by atoms with Crippen molar-refractivity contribution in [3.63, 3.8) is 0 Å². The van der Waals surface area contributed by atoms with E-state index >= 15 is 0 Å². The van der Waals surface area contributed by atoms with Gasteiger partial charge >= 0.3 is 0 Å². The zero-order valence-electron chi connectivity index (χ0n) is 13.2. The zero-order valence-corrected chi connectivity index (χ0v) is 13.2. The molecule has 0 aromatic carbocycles. The molecule has 21 heavy (non-hydrogen) atoms. The molecule has 3 rings (SSSR count). The van der Waals surface area contributed by atoms with Crippen LogP contribution in [-0.2, 0) is 6.54 Å². The number of likely N-dealkylation sites (tertiary alicyclic amines) is 1. The number of nitrogens with zero attached hydrogens (tertiary/aromatic N) is 3. The fraction of sp³-hybridized carbons (Fsp3) is 0.750. The molecule has 116 valence electrons. The number of carbonyl (C=O) groups excluding carboxylic acids is 1. The van der Waals surface area contributed by atoms with Gasteiger partial charge in [-0.25, -0.2) is 0 Å². The van der Waals surface area contributed by atoms with E-state index in [9.17, 15) is 4.79 Å². The molecule has 5 nitrogen and oxygen atoms in total. The number of aryl methyl sites for hydroxylation is 1. The van der Waals surface area contributed by atoms with E-state index in [-0.39, 0.29) is 5.91 Å². The summed E-state index contributed by atoms with van der Waals surface area (Å²) in [4.78, 5) is 14.8. The molecule has 1 atom stereocenters. The maximum atomic E-state index is 12.8. The Labute approximate surface area is 126 Å². The minimum atomic E-state index is 0.164. The third-order valence-electron chi connectivity index (χ3n) is 5.06. The molecular formula is C16H26N4O. The third kappa shape index (κ3) is 2.71. The van der Waals surface area contributed by atoms with Gasteiger partial charge in [-0.15, -0.1) is 0 Å². The summed E-state index contributed by atoms with van der Waals surface area (Å²) in [5.41, 5.74) is 2.11. The minimum Gasteiger partial charge on any atom is -0.338 e. The van der Waals surface area contributed by atoms with Gasteiger partial charge in [-0.3, -0.25) is 9.48 Å². The van der Waals surface area contributed by atoms with Crippen LogP contribution in [0.15, 0.2) is 6.20 Å². The fourth-order valence-electron chi connectivity index (χ4n) is 3.75. The quantitative estimate of drug-likeness (QED) is 0.924. The van der Waals surface area contributed by atoms with Crippen LogP contribution in [-0.4, -0.2) is 46.8 Å². The Kier molecular flexibility index (Phi) is 4.02. The summed E-state index contributed by atoms with van der Waals surface area (Å²) in [7, 11) is 0. The lowest BCUT2D eigenvalue weighted by molar-refractivity contribution is 0.0763. The average molecular weight is 290 g/mol. The Hall–Kier alpha value is -1.36. The van der Waals surface area contributed by atoms with Crippen molar-refractivity contribution in [1.82, 2.24) is 20.0 Å². The van der Waals surface area contributed by atoms with Crippen molar-refractivity contribution < 1.29 is 4.79 Å². The van der Waals surface area contributed by atoms with Gasteiger partial charge in [0.1, 0.15) is 0 Å². The van der Waals surface area contributed by atoms with Crippen molar-refractivity contribution in [3.05, 3.63) is 17.5 Å². The molecule has 0 aliphatic carbocycles. The monoisotopic (exact) mass is 290 g/mol. The van der Waals surface area contributed by atoms with Crippen LogP contribution < -0.4 is 5.32 Å². The second kappa shape index (κ2) is 5.79. The third-order valence-corrected chi connectivity index (χ3v) is 5.06. The van der Waals surface area contributed by atoms with Crippen LogP contribution in [0.3, 0.4) is 0 Å². The Morgan fingerprint density at radius 1 is 1.48 bits per heavy atom. The molecule has 1 N–H and O–H groups in total. The highest BCUT2D eigenvalue weighted by Gasteiger charge is 2.41. The fourth-order valence-corrected chi connectivity index (χ4v) is 3.75. The standard InChI is InChI=1S/C16H26N4O/c1-3-8-20-13(2)14(10-18-20)15(21)19-9-6-16(12-19)5-4-7-17-11-16/h10,17H,3-9,11-12H2,1-2H3/t16-/m0/s1. The number of rotatable bonds is 3. The number of amides is 1. The highest BCUT2D eigenvalue weighted by molar-refractivity contribution is 5.95. The molecule has 1 aromatic heterocycles. The van der Waals surface area contributed by atoms with E-state index in [0.29, 0.717) is 5.41 Å². The molecule has 3 heterocycles. The Bertz CT molecular complexity index is 516. The number of aromatic nitrogens is 2. The van der Waals surface area contributed by atoms with Crippen molar-refractivity contribution in [1.29, 1.82) is 0 Å². The van der Waals surface area contributed by atoms with E-state index in [2.05, 4.69) is 17.3 Å². The predicted octanol–water partition coefficient (Wildman–Crippen LogP) is 1.82. The van der Waals surface area contributed by atoms with Crippen LogP contribution >= 0.6 is 0 Å². The molecule has 0 unspecified atom stereocenters. The van der Waals surface area contributed by atoms with Gasteiger partial charge in [-0.1, -0.05) is 6.92 Å². The van der Waals surface area contributed by atoms with E-state index in [1.165, 1.54) is 12.8 Å². The molecule has 0 bridgehead atoms. The Morgan fingerprint density at radius 2 is 2.33 bits per heavy atom. The second-order valence-electron chi connectivity index (χ2n) is 6.62. The minimum absolute atomic E-state index is 0.164. The molecule has 0 saturated carbocycles. The van der Waals surface area contributed by atoms with E-state index < -0.39 is 0 Å². The smallest absolute Gasteiger partial charge is 0.257 e. The maximum absolute atomic E-state index is 12.8. The van der Waals surface area contributed by atoms with Crippen molar-refractivity contribution >= 4 is 5.91 Å². The van der Waals surface area contributed by atoms with Crippen molar-refractivity contribution in [2.24, 2.45) is 5.41 Å². The van der Waals surface area contributed by atoms with E-state index in [1.54, 1.807) is 6.20 Å². The largest absolute Gasteiger partial charge is 0.338 e. The number of hydrogen-bond acceptors (Lipinski definition) is 3. The number of hydrogen-bond donors (Lipinski definition) is 1. The van der Waals surface area contributed by atoms with Crippen LogP contribution in [0, 0.1) is 12.3 Å². The lowest BCUT2D eigenvalue weighted by atomic mass is 9.80. The predicted molar refractivity (Wildman–Crippen MR) is 82.3 cm³/mol. The normalized spacial score (nSPS) is 25.7. The van der Waals surface area contributed by atoms with Crippen molar-refractivity contribution in [2.45, 2.75) is 46.1 Å². The molecule has 1 spiro atoms. The van der Waals surface area contributed by atoms with Crippen LogP contribution in [0.5, 0.6) is 0 Å². The van der Waals surface area contributed by atoms with Gasteiger partial charge in [0.15, 0.2) is 0 Å². The highest BCUT2D eigenvalue weighted by Crippen LogP contribution is 2.37. The Morgan fingerprint density at radius 3 is 3.05 bits per heavy atom. The van der Waals surface area contributed by atoms with Gasteiger partial charge < -0.3 is 10.2 Å². The number of piperidine rings is 1. The summed E-state index contributed by atoms with van der Waals surface area (Å²) in [6, 6.07) is 0. The molecule has 1 amide bonds. The molecule has 2 fully saturated rings. The van der Waals surface area contributed by atoms with Crippen LogP contribution in [0.25, 0.3) is 0 Å². The summed E-state index contributed by atoms with van der Waals surface area (Å²) >= 11 is 0. The first-order valence-corrected chi connectivity index (χ1v) is 8.18. The number of carbonyl (C=O) groups is 1. The van der Waals surface area contributed by atoms with Gasteiger partial charge in [-0.2, -0.15) is 5.10 Å². The van der Waals surface area contributed by atoms with Gasteiger partial charge in [0.25, 0.3) is 5.91 Å². The molecule has 1 aromatic rings. The molecule has 0 radical (unpaired) electrons. The molecule has 2 aliphatic heterocycles. The molecule has 2 aliphatic rings. The summed E-state index contributed by atoms with van der Waals surface area (Å²) in [6.07, 6.45) is 6.40. The van der Waals surface area contributed by atoms with Gasteiger partial charge in [0, 0.05) is 37.3 Å². The first-order valence-electron chi connectivity index (χ1n) is 8.18. The summed E-state index contributed by atoms with van der Waals surface area (Å²) < 4.78 is 1.95. The van der Waals surface area contributed by atoms with Crippen molar-refractivity contribution in [2.75, 3.05) is 26.2 Å². The Balaban J connectivity index is 1.71. The van der Waals surface area contributed by atoms with Gasteiger partial charge in [0.2, 0.25) is 0 Å². The van der Waals surface area contributed by atoms with E-state index in [1.807, 2.05) is 16.5 Å². The van der Waals surface area contributed by atoms with Crippen LogP contribution in [0.2, 0.25) is 0 Å². The summed E-state index contributed by atoms with van der Waals surface area (Å²) in [5.74, 6) is 0.164. The highest BCUT2D eigenvalue weighted by atomic mass is 16.2. The SMILES string of the molecule is CCCn1ncc(C(=O)N2CC[C@]3(CCCNC3)C2)c1C. The van der Waals surface area contributed by atoms with E-state index in [4.69, 9.17) is 0 Å². The zero-order chi connectivity index (χ0) is 14.9. The topological polar surface area (TPSA) is 50.2 Å². The average Bonchev–Trinajstić information content (AvgIpc) is 3.05. The first kappa shape index (κ1) is 14.6. The summed E-state index contributed by atoms with van der Waals surface area (Å²) in [5, 5.41) is 7.85. The number of nitrogens with one attached hydrogen (secondary N) is 1. The molecule has 5 heteroatoms. The maximum Gasteiger partial charge on any atom is 0.257 e.